The molecule has 1 fully saturated rings. The summed E-state index contributed by atoms with van der Waals surface area (Å²) in [6.07, 6.45) is 0.462. The number of aromatic nitrogens is 1. The van der Waals surface area contributed by atoms with Crippen LogP contribution in [0.2, 0.25) is 0 Å². The number of aliphatic carboxylic acids is 1. The van der Waals surface area contributed by atoms with E-state index in [2.05, 4.69) is 10.3 Å². The molecule has 0 spiro atoms. The summed E-state index contributed by atoms with van der Waals surface area (Å²) in [5.41, 5.74) is 0.735. The Morgan fingerprint density at radius 1 is 1.65 bits per heavy atom. The highest BCUT2D eigenvalue weighted by molar-refractivity contribution is 8.00. The van der Waals surface area contributed by atoms with Crippen LogP contribution in [0.4, 0.5) is 0 Å². The summed E-state index contributed by atoms with van der Waals surface area (Å²) in [6, 6.07) is -0.522. The Balaban J connectivity index is 1.66. The van der Waals surface area contributed by atoms with Gasteiger partial charge >= 0.3 is 5.97 Å². The fraction of sp³-hybridized carbons (Fsp3) is 0.385. The molecule has 0 bridgehead atoms. The Morgan fingerprint density at radius 2 is 2.39 bits per heavy atom. The molecule has 1 saturated heterocycles. The first-order chi connectivity index (χ1) is 10.9. The van der Waals surface area contributed by atoms with Gasteiger partial charge in [-0.2, -0.15) is 0 Å². The lowest BCUT2D eigenvalue weighted by molar-refractivity contribution is -0.148. The third-order valence-electron chi connectivity index (χ3n) is 3.45. The van der Waals surface area contributed by atoms with Crippen molar-refractivity contribution in [1.82, 2.24) is 15.2 Å². The summed E-state index contributed by atoms with van der Waals surface area (Å²) in [6.45, 7) is 1.92. The van der Waals surface area contributed by atoms with E-state index in [1.54, 1.807) is 11.3 Å². The molecule has 0 radical (unpaired) electrons. The van der Waals surface area contributed by atoms with Crippen molar-refractivity contribution in [1.29, 1.82) is 0 Å². The first-order valence-electron chi connectivity index (χ1n) is 6.65. The van der Waals surface area contributed by atoms with Crippen molar-refractivity contribution >= 4 is 63.8 Å². The number of carbonyl (C=O) groups is 2. The molecular formula is C13H12ClN3O3S3. The molecule has 1 amide bonds. The van der Waals surface area contributed by atoms with Crippen molar-refractivity contribution in [3.8, 4) is 0 Å². The molecule has 0 aromatic carbocycles. The molecule has 2 aliphatic rings. The molecule has 6 nitrogen and oxygen atoms in total. The quantitative estimate of drug-likeness (QED) is 0.599. The first kappa shape index (κ1) is 16.7. The number of β-lactam (4-membered cyclic amide) rings is 1. The number of halogens is 1. The molecule has 122 valence electrons. The molecule has 2 atom stereocenters. The van der Waals surface area contributed by atoms with E-state index in [4.69, 9.17) is 23.8 Å². The molecule has 0 aliphatic carbocycles. The number of carboxylic acids is 1. The number of hydrogen-bond donors (Lipinski definition) is 2. The Labute approximate surface area is 150 Å². The number of carbonyl (C=O) groups excluding carboxylic acids is 1. The van der Waals surface area contributed by atoms with Crippen LogP contribution in [0.1, 0.15) is 10.7 Å². The van der Waals surface area contributed by atoms with Crippen molar-refractivity contribution < 1.29 is 14.7 Å². The van der Waals surface area contributed by atoms with Gasteiger partial charge in [0, 0.05) is 17.6 Å². The molecule has 3 rings (SSSR count). The Morgan fingerprint density at radius 3 is 3.00 bits per heavy atom. The number of thiocarbonyl (C=S) groups is 1. The van der Waals surface area contributed by atoms with Crippen LogP contribution < -0.4 is 5.32 Å². The summed E-state index contributed by atoms with van der Waals surface area (Å²) in [5, 5.41) is 15.0. The smallest absolute Gasteiger partial charge is 0.353 e. The van der Waals surface area contributed by atoms with Gasteiger partial charge in [0.05, 0.1) is 20.7 Å². The predicted octanol–water partition coefficient (Wildman–Crippen LogP) is 1.73. The Kier molecular flexibility index (Phi) is 4.63. The minimum atomic E-state index is -1.19. The van der Waals surface area contributed by atoms with E-state index in [1.807, 2.05) is 12.3 Å². The summed E-state index contributed by atoms with van der Waals surface area (Å²) in [7, 11) is 0. The maximum atomic E-state index is 12.3. The average Bonchev–Trinajstić information content (AvgIpc) is 2.89. The second kappa shape index (κ2) is 6.39. The lowest BCUT2D eigenvalue weighted by atomic mass is 10.0. The monoisotopic (exact) mass is 389 g/mol. The normalized spacial score (nSPS) is 23.4. The molecule has 1 aromatic heterocycles. The van der Waals surface area contributed by atoms with E-state index in [-0.39, 0.29) is 22.0 Å². The minimum Gasteiger partial charge on any atom is -0.477 e. The van der Waals surface area contributed by atoms with Crippen LogP contribution in [0.5, 0.6) is 0 Å². The summed E-state index contributed by atoms with van der Waals surface area (Å²) in [5.74, 6) is -1.14. The van der Waals surface area contributed by atoms with E-state index >= 15 is 0 Å². The van der Waals surface area contributed by atoms with Gasteiger partial charge in [-0.25, -0.2) is 9.78 Å². The maximum Gasteiger partial charge on any atom is 0.353 e. The number of hydrogen-bond acceptors (Lipinski definition) is 6. The van der Waals surface area contributed by atoms with Gasteiger partial charge < -0.3 is 10.4 Å². The van der Waals surface area contributed by atoms with Gasteiger partial charge in [0.15, 0.2) is 0 Å². The number of thioether (sulfide) groups is 1. The van der Waals surface area contributed by atoms with Gasteiger partial charge in [-0.15, -0.1) is 23.1 Å². The second-order valence-electron chi connectivity index (χ2n) is 5.05. The molecule has 0 unspecified atom stereocenters. The number of aryl methyl sites for hydroxylation is 1. The fourth-order valence-corrected chi connectivity index (χ4v) is 4.90. The minimum absolute atomic E-state index is 0.125. The topological polar surface area (TPSA) is 82.5 Å². The highest BCUT2D eigenvalue weighted by Crippen LogP contribution is 2.41. The SMILES string of the molecule is Cc1nc(CC(=S)N[C@@H]2C(=O)N3C(C(=O)O)=C(Cl)CS[C@H]23)cs1. The van der Waals surface area contributed by atoms with Crippen LogP contribution in [0, 0.1) is 6.92 Å². The van der Waals surface area contributed by atoms with Crippen LogP contribution in [0.15, 0.2) is 16.1 Å². The highest BCUT2D eigenvalue weighted by atomic mass is 35.5. The molecule has 10 heteroatoms. The standard InChI is InChI=1S/C13H12ClN3O3S3/c1-5-15-6(3-22-5)2-8(21)16-9-11(18)17-10(13(19)20)7(14)4-23-12(9)17/h3,9,12H,2,4H2,1H3,(H,16,21)(H,19,20)/t9-,12-/m1/s1. The van der Waals surface area contributed by atoms with Crippen LogP contribution in [0.25, 0.3) is 0 Å². The van der Waals surface area contributed by atoms with Gasteiger partial charge in [-0.1, -0.05) is 23.8 Å². The van der Waals surface area contributed by atoms with E-state index < -0.39 is 12.0 Å². The van der Waals surface area contributed by atoms with E-state index in [0.717, 1.165) is 10.7 Å². The summed E-state index contributed by atoms with van der Waals surface area (Å²) in [4.78, 5) is 29.6. The zero-order chi connectivity index (χ0) is 16.7. The average molecular weight is 390 g/mol. The van der Waals surface area contributed by atoms with Gasteiger partial charge in [0.1, 0.15) is 17.1 Å². The zero-order valence-electron chi connectivity index (χ0n) is 11.9. The van der Waals surface area contributed by atoms with Crippen LogP contribution in [-0.4, -0.2) is 49.0 Å². The molecule has 23 heavy (non-hydrogen) atoms. The predicted molar refractivity (Wildman–Crippen MR) is 93.7 cm³/mol. The van der Waals surface area contributed by atoms with Crippen LogP contribution in [0.3, 0.4) is 0 Å². The van der Waals surface area contributed by atoms with Crippen LogP contribution >= 0.6 is 46.9 Å². The van der Waals surface area contributed by atoms with E-state index in [9.17, 15) is 14.7 Å². The number of fused-ring (bicyclic) bond motifs is 1. The second-order valence-corrected chi connectivity index (χ2v) is 8.16. The van der Waals surface area contributed by atoms with Crippen molar-refractivity contribution in [2.24, 2.45) is 0 Å². The number of carboxylic acid groups (broad SMARTS) is 1. The highest BCUT2D eigenvalue weighted by Gasteiger charge is 2.53. The molecule has 1 aromatic rings. The molecular weight excluding hydrogens is 378 g/mol. The van der Waals surface area contributed by atoms with Crippen molar-refractivity contribution in [3.63, 3.8) is 0 Å². The number of rotatable bonds is 4. The molecule has 2 N–H and O–H groups in total. The van der Waals surface area contributed by atoms with Gasteiger partial charge in [0.25, 0.3) is 5.91 Å². The summed E-state index contributed by atoms with van der Waals surface area (Å²) >= 11 is 14.2. The number of amides is 1. The van der Waals surface area contributed by atoms with Crippen LogP contribution in [-0.2, 0) is 16.0 Å². The Bertz CT molecular complexity index is 733. The van der Waals surface area contributed by atoms with Crippen molar-refractivity contribution in [3.05, 3.63) is 26.8 Å². The lowest BCUT2D eigenvalue weighted by Crippen LogP contribution is -2.70. The third-order valence-corrected chi connectivity index (χ3v) is 6.28. The lowest BCUT2D eigenvalue weighted by Gasteiger charge is -2.49. The van der Waals surface area contributed by atoms with Gasteiger partial charge in [-0.05, 0) is 6.92 Å². The summed E-state index contributed by atoms with van der Waals surface area (Å²) < 4.78 is 0. The van der Waals surface area contributed by atoms with Gasteiger partial charge in [0.2, 0.25) is 0 Å². The van der Waals surface area contributed by atoms with Crippen molar-refractivity contribution in [2.75, 3.05) is 5.75 Å². The first-order valence-corrected chi connectivity index (χ1v) is 9.37. The molecule has 0 saturated carbocycles. The number of thiazole rings is 1. The Hall–Kier alpha value is -1.16. The number of nitrogens with zero attached hydrogens (tertiary/aromatic N) is 2. The van der Waals surface area contributed by atoms with Gasteiger partial charge in [-0.3, -0.25) is 9.69 Å². The van der Waals surface area contributed by atoms with E-state index in [1.165, 1.54) is 16.7 Å². The molecule has 3 heterocycles. The zero-order valence-corrected chi connectivity index (χ0v) is 15.1. The third kappa shape index (κ3) is 3.10. The van der Waals surface area contributed by atoms with Crippen molar-refractivity contribution in [2.45, 2.75) is 24.8 Å². The fourth-order valence-electron chi connectivity index (χ4n) is 2.46. The maximum absolute atomic E-state index is 12.3. The largest absolute Gasteiger partial charge is 0.477 e. The molecule has 2 aliphatic heterocycles. The number of nitrogens with one attached hydrogen (secondary N) is 1. The van der Waals surface area contributed by atoms with E-state index in [0.29, 0.717) is 17.2 Å².